The Kier molecular flexibility index (Phi) is 2.45. The van der Waals surface area contributed by atoms with Gasteiger partial charge in [0.25, 0.3) is 0 Å². The summed E-state index contributed by atoms with van der Waals surface area (Å²) in [4.78, 5) is 2.49. The molecule has 3 saturated heterocycles. The molecule has 0 radical (unpaired) electrons. The number of rotatable bonds is 2. The molecule has 3 aliphatic heterocycles. The minimum Gasteiger partial charge on any atom is -0.349 e. The number of ether oxygens (including phenoxy) is 2. The summed E-state index contributed by atoms with van der Waals surface area (Å²) in [6.07, 6.45) is 0.0433. The number of hydrogen-bond donors (Lipinski definition) is 1. The molecule has 4 nitrogen and oxygen atoms in total. The van der Waals surface area contributed by atoms with Crippen LogP contribution in [0.15, 0.2) is 0 Å². The third-order valence-electron chi connectivity index (χ3n) is 3.56. The molecule has 3 fully saturated rings. The summed E-state index contributed by atoms with van der Waals surface area (Å²) in [5, 5.41) is 3.45. The molecule has 0 aromatic carbocycles. The fourth-order valence-electron chi connectivity index (χ4n) is 2.83. The first-order valence-electron chi connectivity index (χ1n) is 5.58. The molecule has 0 saturated carbocycles. The van der Waals surface area contributed by atoms with E-state index in [9.17, 15) is 0 Å². The highest BCUT2D eigenvalue weighted by molar-refractivity contribution is 4.91. The van der Waals surface area contributed by atoms with Crippen molar-refractivity contribution in [1.82, 2.24) is 10.2 Å². The Hall–Kier alpha value is -0.160. The second kappa shape index (κ2) is 3.77. The van der Waals surface area contributed by atoms with Crippen molar-refractivity contribution < 1.29 is 9.47 Å². The maximum absolute atomic E-state index is 5.46. The first-order chi connectivity index (χ1) is 6.92. The van der Waals surface area contributed by atoms with E-state index in [2.05, 4.69) is 10.2 Å². The van der Waals surface area contributed by atoms with Crippen LogP contribution in [0.2, 0.25) is 0 Å². The lowest BCUT2D eigenvalue weighted by Crippen LogP contribution is -2.33. The van der Waals surface area contributed by atoms with Gasteiger partial charge >= 0.3 is 0 Å². The fraction of sp³-hybridized carbons (Fsp3) is 1.00. The van der Waals surface area contributed by atoms with Gasteiger partial charge in [0.2, 0.25) is 0 Å². The highest BCUT2D eigenvalue weighted by Crippen LogP contribution is 2.26. The van der Waals surface area contributed by atoms with Crippen molar-refractivity contribution in [3.63, 3.8) is 0 Å². The van der Waals surface area contributed by atoms with E-state index in [0.717, 1.165) is 31.6 Å². The van der Waals surface area contributed by atoms with Crippen LogP contribution in [-0.4, -0.2) is 57.1 Å². The maximum atomic E-state index is 5.46. The van der Waals surface area contributed by atoms with Crippen LogP contribution in [0.4, 0.5) is 0 Å². The number of nitrogens with zero attached hydrogens (tertiary/aromatic N) is 1. The topological polar surface area (TPSA) is 33.7 Å². The summed E-state index contributed by atoms with van der Waals surface area (Å²) in [7, 11) is 0. The lowest BCUT2D eigenvalue weighted by atomic mass is 10.0. The monoisotopic (exact) mass is 198 g/mol. The Morgan fingerprint density at radius 2 is 1.71 bits per heavy atom. The molecule has 14 heavy (non-hydrogen) atoms. The Labute approximate surface area is 84.5 Å². The van der Waals surface area contributed by atoms with Crippen molar-refractivity contribution in [2.45, 2.75) is 6.29 Å². The molecular formula is C10H18N2O2. The summed E-state index contributed by atoms with van der Waals surface area (Å²) >= 11 is 0. The molecule has 80 valence electrons. The predicted molar refractivity (Wildman–Crippen MR) is 52.0 cm³/mol. The lowest BCUT2D eigenvalue weighted by Gasteiger charge is -2.19. The molecule has 4 heteroatoms. The Bertz CT molecular complexity index is 194. The van der Waals surface area contributed by atoms with Gasteiger partial charge in [-0.05, 0) is 24.9 Å². The second-order valence-electron chi connectivity index (χ2n) is 4.57. The van der Waals surface area contributed by atoms with E-state index in [1.165, 1.54) is 26.2 Å². The van der Waals surface area contributed by atoms with Crippen LogP contribution in [0.1, 0.15) is 0 Å². The third-order valence-corrected chi connectivity index (χ3v) is 3.56. The van der Waals surface area contributed by atoms with Crippen molar-refractivity contribution in [3.05, 3.63) is 0 Å². The zero-order valence-corrected chi connectivity index (χ0v) is 8.45. The van der Waals surface area contributed by atoms with Crippen LogP contribution in [0.3, 0.4) is 0 Å². The SMILES string of the molecule is C1COC(CN2CC3CNCC3C2)O1. The van der Waals surface area contributed by atoms with Crippen molar-refractivity contribution in [3.8, 4) is 0 Å². The van der Waals surface area contributed by atoms with Gasteiger partial charge in [-0.1, -0.05) is 0 Å². The summed E-state index contributed by atoms with van der Waals surface area (Å²) in [5.41, 5.74) is 0. The van der Waals surface area contributed by atoms with Crippen molar-refractivity contribution in [2.24, 2.45) is 11.8 Å². The molecule has 3 rings (SSSR count). The van der Waals surface area contributed by atoms with Crippen LogP contribution in [0, 0.1) is 11.8 Å². The van der Waals surface area contributed by atoms with Gasteiger partial charge in [-0.2, -0.15) is 0 Å². The quantitative estimate of drug-likeness (QED) is 0.649. The van der Waals surface area contributed by atoms with E-state index in [0.29, 0.717) is 0 Å². The smallest absolute Gasteiger partial charge is 0.170 e. The summed E-state index contributed by atoms with van der Waals surface area (Å²) in [5.74, 6) is 1.74. The molecule has 2 unspecified atom stereocenters. The summed E-state index contributed by atoms with van der Waals surface area (Å²) < 4.78 is 10.9. The minimum absolute atomic E-state index is 0.0433. The number of nitrogens with one attached hydrogen (secondary N) is 1. The number of likely N-dealkylation sites (tertiary alicyclic amines) is 1. The zero-order chi connectivity index (χ0) is 9.38. The normalized spacial score (nSPS) is 39.4. The van der Waals surface area contributed by atoms with Crippen molar-refractivity contribution >= 4 is 0 Å². The largest absolute Gasteiger partial charge is 0.349 e. The van der Waals surface area contributed by atoms with Gasteiger partial charge in [0.1, 0.15) is 0 Å². The van der Waals surface area contributed by atoms with Gasteiger partial charge in [-0.3, -0.25) is 4.90 Å². The molecule has 0 spiro atoms. The van der Waals surface area contributed by atoms with Gasteiger partial charge in [-0.15, -0.1) is 0 Å². The van der Waals surface area contributed by atoms with E-state index in [-0.39, 0.29) is 6.29 Å². The Morgan fingerprint density at radius 1 is 1.07 bits per heavy atom. The number of fused-ring (bicyclic) bond motifs is 1. The van der Waals surface area contributed by atoms with Crippen LogP contribution >= 0.6 is 0 Å². The average molecular weight is 198 g/mol. The zero-order valence-electron chi connectivity index (χ0n) is 8.45. The molecule has 3 heterocycles. The molecular weight excluding hydrogens is 180 g/mol. The predicted octanol–water partition coefficient (Wildman–Crippen LogP) is -0.489. The molecule has 2 atom stereocenters. The highest BCUT2D eigenvalue weighted by atomic mass is 16.7. The minimum atomic E-state index is 0.0433. The van der Waals surface area contributed by atoms with E-state index >= 15 is 0 Å². The van der Waals surface area contributed by atoms with Crippen molar-refractivity contribution in [1.29, 1.82) is 0 Å². The van der Waals surface area contributed by atoms with Crippen LogP contribution in [-0.2, 0) is 9.47 Å². The van der Waals surface area contributed by atoms with Gasteiger partial charge in [-0.25, -0.2) is 0 Å². The van der Waals surface area contributed by atoms with Gasteiger partial charge in [0.05, 0.1) is 13.2 Å². The van der Waals surface area contributed by atoms with Crippen molar-refractivity contribution in [2.75, 3.05) is 45.9 Å². The molecule has 0 bridgehead atoms. The second-order valence-corrected chi connectivity index (χ2v) is 4.57. The maximum Gasteiger partial charge on any atom is 0.170 e. The van der Waals surface area contributed by atoms with Gasteiger partial charge < -0.3 is 14.8 Å². The summed E-state index contributed by atoms with van der Waals surface area (Å²) in [6.45, 7) is 7.36. The van der Waals surface area contributed by atoms with Gasteiger partial charge in [0, 0.05) is 19.6 Å². The standard InChI is InChI=1S/C10H18N2O2/c1-2-14-10(13-1)7-12-5-8-3-11-4-9(8)6-12/h8-11H,1-7H2. The number of hydrogen-bond acceptors (Lipinski definition) is 4. The first-order valence-corrected chi connectivity index (χ1v) is 5.58. The average Bonchev–Trinajstić information content (AvgIpc) is 2.78. The van der Waals surface area contributed by atoms with Crippen LogP contribution in [0.5, 0.6) is 0 Å². The van der Waals surface area contributed by atoms with E-state index in [4.69, 9.17) is 9.47 Å². The van der Waals surface area contributed by atoms with E-state index in [1.54, 1.807) is 0 Å². The summed E-state index contributed by atoms with van der Waals surface area (Å²) in [6, 6.07) is 0. The fourth-order valence-corrected chi connectivity index (χ4v) is 2.83. The molecule has 0 aromatic heterocycles. The molecule has 1 N–H and O–H groups in total. The highest BCUT2D eigenvalue weighted by Gasteiger charge is 2.37. The molecule has 0 aromatic rings. The third kappa shape index (κ3) is 1.67. The lowest BCUT2D eigenvalue weighted by molar-refractivity contribution is -0.0594. The van der Waals surface area contributed by atoms with Crippen LogP contribution < -0.4 is 5.32 Å². The first kappa shape index (κ1) is 9.09. The molecule has 0 amide bonds. The van der Waals surface area contributed by atoms with E-state index in [1.807, 2.05) is 0 Å². The Balaban J connectivity index is 1.50. The van der Waals surface area contributed by atoms with E-state index < -0.39 is 0 Å². The Morgan fingerprint density at radius 3 is 2.36 bits per heavy atom. The van der Waals surface area contributed by atoms with Gasteiger partial charge in [0.15, 0.2) is 6.29 Å². The molecule has 3 aliphatic rings. The van der Waals surface area contributed by atoms with Crippen LogP contribution in [0.25, 0.3) is 0 Å². The molecule has 0 aliphatic carbocycles.